The second-order valence-corrected chi connectivity index (χ2v) is 5.21. The molecule has 94 valence electrons. The maximum atomic E-state index is 4.52. The Balaban J connectivity index is 1.84. The zero-order chi connectivity index (χ0) is 12.1. The molecule has 1 N–H and O–H groups in total. The molecule has 1 aliphatic heterocycles. The number of hydrogen-bond donors (Lipinski definition) is 1. The van der Waals surface area contributed by atoms with Gasteiger partial charge in [0.05, 0.1) is 11.9 Å². The van der Waals surface area contributed by atoms with Gasteiger partial charge in [-0.2, -0.15) is 0 Å². The van der Waals surface area contributed by atoms with E-state index < -0.39 is 0 Å². The number of hydrogen-bond acceptors (Lipinski definition) is 3. The van der Waals surface area contributed by atoms with E-state index in [-0.39, 0.29) is 0 Å². The summed E-state index contributed by atoms with van der Waals surface area (Å²) in [5, 5.41) is 3.41. The Morgan fingerprint density at radius 3 is 2.65 bits per heavy atom. The van der Waals surface area contributed by atoms with Crippen molar-refractivity contribution in [2.45, 2.75) is 33.1 Å². The molecular weight excluding hydrogens is 210 g/mol. The van der Waals surface area contributed by atoms with E-state index >= 15 is 0 Å². The van der Waals surface area contributed by atoms with Crippen molar-refractivity contribution in [2.24, 2.45) is 5.92 Å². The van der Waals surface area contributed by atoms with Gasteiger partial charge in [0.1, 0.15) is 5.82 Å². The molecule has 0 aromatic carbocycles. The molecular formula is C14H23N3. The van der Waals surface area contributed by atoms with Gasteiger partial charge in [0.2, 0.25) is 0 Å². The summed E-state index contributed by atoms with van der Waals surface area (Å²) in [4.78, 5) is 6.88. The van der Waals surface area contributed by atoms with Crippen molar-refractivity contribution < 1.29 is 0 Å². The van der Waals surface area contributed by atoms with Crippen LogP contribution in [0.4, 0.5) is 11.5 Å². The van der Waals surface area contributed by atoms with Crippen LogP contribution in [0.5, 0.6) is 0 Å². The molecule has 3 nitrogen and oxygen atoms in total. The summed E-state index contributed by atoms with van der Waals surface area (Å²) < 4.78 is 0. The van der Waals surface area contributed by atoms with Crippen LogP contribution in [-0.2, 0) is 0 Å². The minimum atomic E-state index is 0.749. The zero-order valence-electron chi connectivity index (χ0n) is 10.9. The topological polar surface area (TPSA) is 28.2 Å². The molecule has 1 aromatic rings. The van der Waals surface area contributed by atoms with Crippen LogP contribution in [0.25, 0.3) is 0 Å². The zero-order valence-corrected chi connectivity index (χ0v) is 10.9. The highest BCUT2D eigenvalue weighted by molar-refractivity contribution is 5.48. The fourth-order valence-corrected chi connectivity index (χ4v) is 2.13. The first-order valence-electron chi connectivity index (χ1n) is 6.70. The largest absolute Gasteiger partial charge is 0.384 e. The van der Waals surface area contributed by atoms with E-state index in [1.807, 2.05) is 6.20 Å². The van der Waals surface area contributed by atoms with E-state index in [0.29, 0.717) is 0 Å². The van der Waals surface area contributed by atoms with E-state index in [4.69, 9.17) is 0 Å². The SMILES string of the molecule is CC(C)CCNc1ccc(N2CCCC2)nc1. The summed E-state index contributed by atoms with van der Waals surface area (Å²) in [6.45, 7) is 7.84. The molecule has 2 rings (SSSR count). The first-order chi connectivity index (χ1) is 8.25. The Morgan fingerprint density at radius 1 is 1.29 bits per heavy atom. The lowest BCUT2D eigenvalue weighted by molar-refractivity contribution is 0.607. The van der Waals surface area contributed by atoms with Crippen LogP contribution in [-0.4, -0.2) is 24.6 Å². The molecule has 0 amide bonds. The molecule has 1 fully saturated rings. The van der Waals surface area contributed by atoms with E-state index in [9.17, 15) is 0 Å². The fraction of sp³-hybridized carbons (Fsp3) is 0.643. The van der Waals surface area contributed by atoms with Crippen LogP contribution in [0.3, 0.4) is 0 Å². The number of nitrogens with one attached hydrogen (secondary N) is 1. The van der Waals surface area contributed by atoms with Crippen molar-refractivity contribution in [1.29, 1.82) is 0 Å². The molecule has 0 unspecified atom stereocenters. The van der Waals surface area contributed by atoms with Crippen LogP contribution in [0, 0.1) is 5.92 Å². The molecule has 0 saturated carbocycles. The Hall–Kier alpha value is -1.25. The van der Waals surface area contributed by atoms with Crippen LogP contribution in [0.15, 0.2) is 18.3 Å². The predicted molar refractivity (Wildman–Crippen MR) is 73.6 cm³/mol. The maximum absolute atomic E-state index is 4.52. The average Bonchev–Trinajstić information content (AvgIpc) is 2.83. The van der Waals surface area contributed by atoms with Crippen molar-refractivity contribution in [1.82, 2.24) is 4.98 Å². The first-order valence-corrected chi connectivity index (χ1v) is 6.70. The first kappa shape index (κ1) is 12.2. The standard InChI is InChI=1S/C14H23N3/c1-12(2)7-8-15-13-5-6-14(16-11-13)17-9-3-4-10-17/h5-6,11-12,15H,3-4,7-10H2,1-2H3. The fourth-order valence-electron chi connectivity index (χ4n) is 2.13. The molecule has 0 atom stereocenters. The molecule has 1 aliphatic rings. The summed E-state index contributed by atoms with van der Waals surface area (Å²) in [6, 6.07) is 4.27. The van der Waals surface area contributed by atoms with Crippen molar-refractivity contribution in [3.63, 3.8) is 0 Å². The second-order valence-electron chi connectivity index (χ2n) is 5.21. The predicted octanol–water partition coefficient (Wildman–Crippen LogP) is 3.14. The number of anilines is 2. The lowest BCUT2D eigenvalue weighted by Gasteiger charge is -2.16. The second kappa shape index (κ2) is 5.89. The third-order valence-electron chi connectivity index (χ3n) is 3.23. The van der Waals surface area contributed by atoms with Crippen LogP contribution in [0.1, 0.15) is 33.1 Å². The van der Waals surface area contributed by atoms with Crippen molar-refractivity contribution in [3.8, 4) is 0 Å². The molecule has 0 radical (unpaired) electrons. The highest BCUT2D eigenvalue weighted by atomic mass is 15.2. The lowest BCUT2D eigenvalue weighted by Crippen LogP contribution is -2.18. The summed E-state index contributed by atoms with van der Waals surface area (Å²) in [6.07, 6.45) is 5.76. The van der Waals surface area contributed by atoms with Gasteiger partial charge in [0.25, 0.3) is 0 Å². The maximum Gasteiger partial charge on any atom is 0.128 e. The number of aromatic nitrogens is 1. The van der Waals surface area contributed by atoms with E-state index in [1.165, 1.54) is 19.3 Å². The van der Waals surface area contributed by atoms with Gasteiger partial charge in [-0.15, -0.1) is 0 Å². The van der Waals surface area contributed by atoms with Crippen LogP contribution >= 0.6 is 0 Å². The number of pyridine rings is 1. The molecule has 3 heteroatoms. The normalized spacial score (nSPS) is 15.6. The van der Waals surface area contributed by atoms with Gasteiger partial charge in [-0.05, 0) is 37.3 Å². The molecule has 0 spiro atoms. The Bertz CT molecular complexity index is 326. The van der Waals surface area contributed by atoms with E-state index in [0.717, 1.165) is 37.1 Å². The Kier molecular flexibility index (Phi) is 4.24. The molecule has 17 heavy (non-hydrogen) atoms. The number of rotatable bonds is 5. The summed E-state index contributed by atoms with van der Waals surface area (Å²) in [7, 11) is 0. The minimum Gasteiger partial charge on any atom is -0.384 e. The van der Waals surface area contributed by atoms with Gasteiger partial charge in [0.15, 0.2) is 0 Å². The minimum absolute atomic E-state index is 0.749. The van der Waals surface area contributed by atoms with Gasteiger partial charge >= 0.3 is 0 Å². The summed E-state index contributed by atoms with van der Waals surface area (Å²) in [5.74, 6) is 1.87. The third kappa shape index (κ3) is 3.62. The number of nitrogens with zero attached hydrogens (tertiary/aromatic N) is 2. The third-order valence-corrected chi connectivity index (χ3v) is 3.23. The monoisotopic (exact) mass is 233 g/mol. The molecule has 0 aliphatic carbocycles. The molecule has 0 bridgehead atoms. The van der Waals surface area contributed by atoms with Crippen LogP contribution < -0.4 is 10.2 Å². The highest BCUT2D eigenvalue weighted by Crippen LogP contribution is 2.19. The Labute approximate surface area is 104 Å². The summed E-state index contributed by atoms with van der Waals surface area (Å²) >= 11 is 0. The molecule has 1 saturated heterocycles. The quantitative estimate of drug-likeness (QED) is 0.847. The molecule has 1 aromatic heterocycles. The van der Waals surface area contributed by atoms with Crippen LogP contribution in [0.2, 0.25) is 0 Å². The van der Waals surface area contributed by atoms with Gasteiger partial charge in [-0.1, -0.05) is 13.8 Å². The van der Waals surface area contributed by atoms with Gasteiger partial charge in [-0.3, -0.25) is 0 Å². The van der Waals surface area contributed by atoms with Gasteiger partial charge in [0, 0.05) is 19.6 Å². The Morgan fingerprint density at radius 2 is 2.06 bits per heavy atom. The van der Waals surface area contributed by atoms with E-state index in [2.05, 4.69) is 41.2 Å². The van der Waals surface area contributed by atoms with Crippen molar-refractivity contribution in [3.05, 3.63) is 18.3 Å². The van der Waals surface area contributed by atoms with Gasteiger partial charge in [-0.25, -0.2) is 4.98 Å². The highest BCUT2D eigenvalue weighted by Gasteiger charge is 2.12. The molecule has 2 heterocycles. The average molecular weight is 233 g/mol. The van der Waals surface area contributed by atoms with E-state index in [1.54, 1.807) is 0 Å². The van der Waals surface area contributed by atoms with Crippen molar-refractivity contribution >= 4 is 11.5 Å². The lowest BCUT2D eigenvalue weighted by atomic mass is 10.1. The smallest absolute Gasteiger partial charge is 0.128 e. The van der Waals surface area contributed by atoms with Crippen molar-refractivity contribution in [2.75, 3.05) is 29.9 Å². The summed E-state index contributed by atoms with van der Waals surface area (Å²) in [5.41, 5.74) is 1.13. The van der Waals surface area contributed by atoms with Gasteiger partial charge < -0.3 is 10.2 Å².